The lowest BCUT2D eigenvalue weighted by atomic mass is 9.43. The van der Waals surface area contributed by atoms with E-state index >= 15 is 0 Å². The summed E-state index contributed by atoms with van der Waals surface area (Å²) < 4.78 is 19.4. The molecule has 0 aliphatic heterocycles. The molecule has 232 valence electrons. The normalized spacial score (nSPS) is 41.6. The summed E-state index contributed by atoms with van der Waals surface area (Å²) in [5.74, 6) is 2.20. The molecule has 6 N–H and O–H groups in total. The number of hydrogen-bond acceptors (Lipinski definition) is 7. The second kappa shape index (κ2) is 14.1. The second-order valence-electron chi connectivity index (χ2n) is 14.0. The molecule has 4 aliphatic rings. The van der Waals surface area contributed by atoms with E-state index in [2.05, 4.69) is 20.8 Å². The number of carboxylic acids is 1. The monoisotopic (exact) mass is 566 g/mol. The third-order valence-corrected chi connectivity index (χ3v) is 12.1. The van der Waals surface area contributed by atoms with E-state index in [1.54, 1.807) is 0 Å². The summed E-state index contributed by atoms with van der Waals surface area (Å²) in [7, 11) is 0. The molecule has 0 radical (unpaired) electrons. The van der Waals surface area contributed by atoms with E-state index in [9.17, 15) is 15.0 Å². The summed E-state index contributed by atoms with van der Waals surface area (Å²) in [6.45, 7) is 10.1. The number of carbonyl (C=O) groups is 1. The fourth-order valence-corrected chi connectivity index (χ4v) is 10.1. The highest BCUT2D eigenvalue weighted by atomic mass is 16.5. The van der Waals surface area contributed by atoms with Gasteiger partial charge in [-0.3, -0.25) is 0 Å². The molecule has 0 amide bonds. The Morgan fingerprint density at radius 1 is 0.950 bits per heavy atom. The van der Waals surface area contributed by atoms with Crippen molar-refractivity contribution >= 4 is 5.97 Å². The van der Waals surface area contributed by atoms with E-state index in [0.717, 1.165) is 57.8 Å². The number of aliphatic hydroxyl groups is 1. The first-order valence-electron chi connectivity index (χ1n) is 16.3. The van der Waals surface area contributed by atoms with E-state index in [1.165, 1.54) is 12.8 Å². The first kappa shape index (κ1) is 32.2. The van der Waals surface area contributed by atoms with Crippen molar-refractivity contribution < 1.29 is 29.2 Å². The number of rotatable bonds is 15. The highest BCUT2D eigenvalue weighted by Crippen LogP contribution is 2.69. The van der Waals surface area contributed by atoms with Crippen molar-refractivity contribution in [3.63, 3.8) is 0 Å². The van der Waals surface area contributed by atoms with Crippen LogP contribution in [0.3, 0.4) is 0 Å². The molecule has 8 nitrogen and oxygen atoms in total. The quantitative estimate of drug-likeness (QED) is 0.216. The van der Waals surface area contributed by atoms with Crippen molar-refractivity contribution in [3.05, 3.63) is 0 Å². The maximum atomic E-state index is 11.2. The van der Waals surface area contributed by atoms with Crippen LogP contribution in [-0.2, 0) is 19.0 Å². The predicted octanol–water partition coefficient (Wildman–Crippen LogP) is 4.21. The van der Waals surface area contributed by atoms with Crippen LogP contribution in [0.5, 0.6) is 0 Å². The fraction of sp³-hybridized carbons (Fsp3) is 0.969. The van der Waals surface area contributed by atoms with E-state index in [-0.39, 0.29) is 42.4 Å². The molecule has 4 rings (SSSR count). The SMILES string of the molecule is C[C@H](CCCO)[C@H]1CC[C@H]2C3[C@H](OCCCN)CC4C[C@H](OCC(=O)O)CC[C@]4(C)[C@H]3C[C@H](OCCCN)[C@]12C. The van der Waals surface area contributed by atoms with Gasteiger partial charge in [0.05, 0.1) is 18.3 Å². The summed E-state index contributed by atoms with van der Waals surface area (Å²) in [6.07, 6.45) is 11.4. The topological polar surface area (TPSA) is 137 Å². The molecule has 0 spiro atoms. The van der Waals surface area contributed by atoms with Crippen molar-refractivity contribution in [1.82, 2.24) is 0 Å². The first-order valence-corrected chi connectivity index (χ1v) is 16.3. The van der Waals surface area contributed by atoms with Gasteiger partial charge in [0.15, 0.2) is 0 Å². The van der Waals surface area contributed by atoms with Crippen LogP contribution < -0.4 is 11.5 Å². The molecule has 11 atom stereocenters. The van der Waals surface area contributed by atoms with Crippen LogP contribution in [0, 0.1) is 46.3 Å². The average Bonchev–Trinajstić information content (AvgIpc) is 3.29. The van der Waals surface area contributed by atoms with Crippen molar-refractivity contribution in [3.8, 4) is 0 Å². The van der Waals surface area contributed by atoms with E-state index in [4.69, 9.17) is 25.7 Å². The first-order chi connectivity index (χ1) is 19.2. The molecule has 8 heteroatoms. The molecular formula is C32H58N2O6. The maximum Gasteiger partial charge on any atom is 0.329 e. The van der Waals surface area contributed by atoms with Gasteiger partial charge in [0.25, 0.3) is 0 Å². The van der Waals surface area contributed by atoms with Crippen LogP contribution in [0.1, 0.15) is 91.4 Å². The largest absolute Gasteiger partial charge is 0.480 e. The lowest BCUT2D eigenvalue weighted by Crippen LogP contribution is -2.63. The molecule has 0 heterocycles. The molecule has 0 saturated heterocycles. The van der Waals surface area contributed by atoms with Crippen LogP contribution in [0.25, 0.3) is 0 Å². The fourth-order valence-electron chi connectivity index (χ4n) is 10.1. The van der Waals surface area contributed by atoms with Gasteiger partial charge in [-0.05, 0) is 125 Å². The van der Waals surface area contributed by atoms with Gasteiger partial charge in [0, 0.05) is 25.2 Å². The minimum atomic E-state index is -0.895. The minimum absolute atomic E-state index is 0.00381. The molecule has 2 unspecified atom stereocenters. The average molecular weight is 567 g/mol. The second-order valence-corrected chi connectivity index (χ2v) is 14.0. The van der Waals surface area contributed by atoms with Crippen LogP contribution >= 0.6 is 0 Å². The Hall–Kier alpha value is -0.770. The van der Waals surface area contributed by atoms with Gasteiger partial charge in [0.2, 0.25) is 0 Å². The zero-order valence-electron chi connectivity index (χ0n) is 25.4. The number of aliphatic carboxylic acids is 1. The summed E-state index contributed by atoms with van der Waals surface area (Å²) in [4.78, 5) is 11.2. The van der Waals surface area contributed by atoms with Gasteiger partial charge < -0.3 is 35.9 Å². The Bertz CT molecular complexity index is 814. The number of nitrogens with two attached hydrogens (primary N) is 2. The molecular weight excluding hydrogens is 508 g/mol. The van der Waals surface area contributed by atoms with Gasteiger partial charge >= 0.3 is 5.97 Å². The zero-order valence-corrected chi connectivity index (χ0v) is 25.4. The molecule has 0 aromatic rings. The van der Waals surface area contributed by atoms with Gasteiger partial charge in [-0.1, -0.05) is 20.8 Å². The number of hydrogen-bond donors (Lipinski definition) is 4. The Morgan fingerprint density at radius 3 is 2.35 bits per heavy atom. The predicted molar refractivity (Wildman–Crippen MR) is 156 cm³/mol. The summed E-state index contributed by atoms with van der Waals surface area (Å²) >= 11 is 0. The molecule has 4 saturated carbocycles. The summed E-state index contributed by atoms with van der Waals surface area (Å²) in [6, 6.07) is 0. The summed E-state index contributed by atoms with van der Waals surface area (Å²) in [5.41, 5.74) is 12.0. The molecule has 0 bridgehead atoms. The van der Waals surface area contributed by atoms with Crippen LogP contribution in [-0.4, -0.2) is 74.0 Å². The van der Waals surface area contributed by atoms with Gasteiger partial charge in [-0.2, -0.15) is 0 Å². The smallest absolute Gasteiger partial charge is 0.329 e. The number of fused-ring (bicyclic) bond motifs is 5. The molecule has 0 aromatic carbocycles. The maximum absolute atomic E-state index is 11.2. The molecule has 4 aliphatic carbocycles. The minimum Gasteiger partial charge on any atom is -0.480 e. The Morgan fingerprint density at radius 2 is 1.68 bits per heavy atom. The third-order valence-electron chi connectivity index (χ3n) is 12.1. The van der Waals surface area contributed by atoms with E-state index in [0.29, 0.717) is 61.8 Å². The van der Waals surface area contributed by atoms with Crippen molar-refractivity contribution in [2.45, 2.75) is 110 Å². The van der Waals surface area contributed by atoms with E-state index < -0.39 is 5.97 Å². The number of carboxylic acid groups (broad SMARTS) is 1. The number of aliphatic hydroxyl groups excluding tert-OH is 1. The van der Waals surface area contributed by atoms with Crippen LogP contribution in [0.2, 0.25) is 0 Å². The summed E-state index contributed by atoms with van der Waals surface area (Å²) in [5, 5.41) is 18.8. The Labute approximate surface area is 242 Å². The van der Waals surface area contributed by atoms with Gasteiger partial charge in [-0.25, -0.2) is 4.79 Å². The molecule has 0 aromatic heterocycles. The molecule has 4 fully saturated rings. The van der Waals surface area contributed by atoms with Crippen LogP contribution in [0.4, 0.5) is 0 Å². The van der Waals surface area contributed by atoms with Crippen molar-refractivity contribution in [2.24, 2.45) is 57.8 Å². The lowest BCUT2D eigenvalue weighted by Gasteiger charge is -2.64. The van der Waals surface area contributed by atoms with Gasteiger partial charge in [0.1, 0.15) is 6.61 Å². The Balaban J connectivity index is 1.65. The number of ether oxygens (including phenoxy) is 3. The van der Waals surface area contributed by atoms with E-state index in [1.807, 2.05) is 0 Å². The highest BCUT2D eigenvalue weighted by molar-refractivity contribution is 5.68. The molecule has 40 heavy (non-hydrogen) atoms. The highest BCUT2D eigenvalue weighted by Gasteiger charge is 2.66. The van der Waals surface area contributed by atoms with Gasteiger partial charge in [-0.15, -0.1) is 0 Å². The Kier molecular flexibility index (Phi) is 11.4. The zero-order chi connectivity index (χ0) is 28.9. The standard InChI is InChI=1S/C32H58N2O6/c1-21(7-4-14-35)24-8-9-25-30-26(19-28(32(24,25)3)39-16-6-13-34)31(2)11-10-23(40-20-29(36)37)17-22(31)18-27(30)38-15-5-12-33/h21-28,30,35H,4-20,33-34H2,1-3H3,(H,36,37)/t21-,22?,23-,24-,25+,26+,27-,28+,30?,31+,32-/m1/s1. The van der Waals surface area contributed by atoms with Crippen molar-refractivity contribution in [1.29, 1.82) is 0 Å². The van der Waals surface area contributed by atoms with Crippen molar-refractivity contribution in [2.75, 3.05) is 39.5 Å². The third kappa shape index (κ3) is 6.42. The van der Waals surface area contributed by atoms with Crippen LogP contribution in [0.15, 0.2) is 0 Å². The lowest BCUT2D eigenvalue weighted by molar-refractivity contribution is -0.227.